The lowest BCUT2D eigenvalue weighted by molar-refractivity contribution is -0.145. The van der Waals surface area contributed by atoms with Crippen LogP contribution in [0.4, 0.5) is 13.2 Å². The van der Waals surface area contributed by atoms with Crippen molar-refractivity contribution in [2.24, 2.45) is 17.3 Å². The number of fused-ring (bicyclic) bond motifs is 2. The maximum atomic E-state index is 14.3. The molecule has 206 valence electrons. The predicted octanol–water partition coefficient (Wildman–Crippen LogP) is 4.81. The summed E-state index contributed by atoms with van der Waals surface area (Å²) in [5.41, 5.74) is -0.377. The molecule has 1 amide bonds. The van der Waals surface area contributed by atoms with E-state index < -0.39 is 17.2 Å². The number of amides is 1. The van der Waals surface area contributed by atoms with Gasteiger partial charge in [-0.25, -0.2) is 4.98 Å². The van der Waals surface area contributed by atoms with Crippen LogP contribution in [0.3, 0.4) is 0 Å². The van der Waals surface area contributed by atoms with Crippen LogP contribution >= 0.6 is 11.3 Å². The normalized spacial score (nSPS) is 33.3. The molecule has 2 saturated heterocycles. The Morgan fingerprint density at radius 1 is 1.32 bits per heavy atom. The van der Waals surface area contributed by atoms with Crippen molar-refractivity contribution in [2.45, 2.75) is 69.6 Å². The lowest BCUT2D eigenvalue weighted by atomic mass is 9.77. The number of ether oxygens (including phenoxy) is 3. The van der Waals surface area contributed by atoms with Gasteiger partial charge in [-0.05, 0) is 55.6 Å². The summed E-state index contributed by atoms with van der Waals surface area (Å²) in [6.45, 7) is 1.88. The van der Waals surface area contributed by atoms with Crippen LogP contribution in [0.2, 0.25) is 0 Å². The highest BCUT2D eigenvalue weighted by Gasteiger charge is 2.61. The smallest absolute Gasteiger partial charge is 0.379 e. The van der Waals surface area contributed by atoms with Crippen molar-refractivity contribution in [3.63, 3.8) is 0 Å². The van der Waals surface area contributed by atoms with Crippen molar-refractivity contribution < 1.29 is 32.2 Å². The zero-order valence-corrected chi connectivity index (χ0v) is 22.1. The first-order valence-corrected chi connectivity index (χ1v) is 14.1. The van der Waals surface area contributed by atoms with E-state index in [4.69, 9.17) is 14.2 Å². The molecule has 0 aromatic carbocycles. The predicted molar refractivity (Wildman–Crippen MR) is 132 cm³/mol. The Hall–Kier alpha value is -2.08. The molecule has 1 saturated carbocycles. The van der Waals surface area contributed by atoms with Crippen LogP contribution in [-0.4, -0.2) is 59.9 Å². The summed E-state index contributed by atoms with van der Waals surface area (Å²) in [5.74, 6) is 0.660. The molecule has 11 heteroatoms. The average Bonchev–Trinajstić information content (AvgIpc) is 3.63. The van der Waals surface area contributed by atoms with Crippen LogP contribution in [-0.2, 0) is 38.1 Å². The third-order valence-electron chi connectivity index (χ3n) is 8.88. The first kappa shape index (κ1) is 26.2. The fourth-order valence-corrected chi connectivity index (χ4v) is 7.72. The number of carbonyl (C=O) groups is 1. The molecule has 0 spiro atoms. The summed E-state index contributed by atoms with van der Waals surface area (Å²) in [6, 6.07) is 1.15. The molecule has 2 aromatic heterocycles. The average molecular weight is 552 g/mol. The van der Waals surface area contributed by atoms with E-state index in [0.29, 0.717) is 62.1 Å². The highest BCUT2D eigenvalue weighted by atomic mass is 32.1. The van der Waals surface area contributed by atoms with Crippen molar-refractivity contribution >= 4 is 17.2 Å². The second kappa shape index (κ2) is 10.1. The molecular formula is C27H32F3N3O4S. The first-order chi connectivity index (χ1) is 18.3. The van der Waals surface area contributed by atoms with Gasteiger partial charge in [0.2, 0.25) is 5.91 Å². The van der Waals surface area contributed by atoms with Crippen LogP contribution in [0.1, 0.15) is 60.0 Å². The maximum absolute atomic E-state index is 14.3. The first-order valence-electron chi connectivity index (χ1n) is 13.3. The number of hydrogen-bond donors (Lipinski definition) is 0. The molecule has 3 fully saturated rings. The molecular weight excluding hydrogens is 519 g/mol. The fraction of sp³-hybridized carbons (Fsp3) is 0.667. The number of pyridine rings is 1. The third-order valence-corrected chi connectivity index (χ3v) is 9.75. The van der Waals surface area contributed by atoms with Crippen LogP contribution < -0.4 is 0 Å². The molecule has 7 nitrogen and oxygen atoms in total. The molecule has 38 heavy (non-hydrogen) atoms. The number of halogens is 3. The maximum Gasteiger partial charge on any atom is 0.417 e. The van der Waals surface area contributed by atoms with Crippen molar-refractivity contribution in [3.8, 4) is 0 Å². The van der Waals surface area contributed by atoms with Crippen LogP contribution in [0.15, 0.2) is 23.8 Å². The molecule has 4 aliphatic rings. The summed E-state index contributed by atoms with van der Waals surface area (Å²) in [7, 11) is 1.72. The minimum absolute atomic E-state index is 0.0117. The molecule has 0 bridgehead atoms. The summed E-state index contributed by atoms with van der Waals surface area (Å²) in [4.78, 5) is 24.6. The molecule has 6 rings (SSSR count). The Balaban J connectivity index is 1.24. The van der Waals surface area contributed by atoms with E-state index in [2.05, 4.69) is 9.97 Å². The summed E-state index contributed by atoms with van der Waals surface area (Å²) < 4.78 is 57.8. The van der Waals surface area contributed by atoms with Gasteiger partial charge in [0.15, 0.2) is 0 Å². The Morgan fingerprint density at radius 3 is 2.95 bits per heavy atom. The van der Waals surface area contributed by atoms with E-state index in [1.54, 1.807) is 18.2 Å². The van der Waals surface area contributed by atoms with E-state index in [-0.39, 0.29) is 30.8 Å². The van der Waals surface area contributed by atoms with E-state index >= 15 is 0 Å². The Bertz CT molecular complexity index is 1160. The SMILES string of the molecule is COC1COCCC1C[C@@H]1C[C@H]2OC(c3nccs3)C[C@@]2(C(=O)N2CCc3ncc(C(F)(F)F)cc3C2)C1. The van der Waals surface area contributed by atoms with Crippen LogP contribution in [0.5, 0.6) is 0 Å². The second-order valence-electron chi connectivity index (χ2n) is 11.1. The van der Waals surface area contributed by atoms with Gasteiger partial charge in [-0.3, -0.25) is 9.78 Å². The van der Waals surface area contributed by atoms with E-state index in [1.165, 1.54) is 11.3 Å². The van der Waals surface area contributed by atoms with Crippen LogP contribution in [0.25, 0.3) is 0 Å². The van der Waals surface area contributed by atoms with E-state index in [0.717, 1.165) is 36.5 Å². The molecule has 3 aliphatic heterocycles. The number of thiazole rings is 1. The summed E-state index contributed by atoms with van der Waals surface area (Å²) in [5, 5.41) is 2.78. The quantitative estimate of drug-likeness (QED) is 0.531. The molecule has 5 heterocycles. The number of rotatable bonds is 5. The third kappa shape index (κ3) is 4.76. The number of alkyl halides is 3. The van der Waals surface area contributed by atoms with E-state index in [1.807, 2.05) is 5.38 Å². The van der Waals surface area contributed by atoms with Crippen molar-refractivity contribution in [1.29, 1.82) is 0 Å². The summed E-state index contributed by atoms with van der Waals surface area (Å²) in [6.07, 6.45) is 2.09. The van der Waals surface area contributed by atoms with Crippen LogP contribution in [0, 0.1) is 17.3 Å². The standard InChI is InChI=1S/C27H32F3N3O4S/c1-35-22-15-36-6-3-17(22)8-16-9-23-26(11-16,12-21(37-23)24-31-4-7-38-24)25(34)33-5-2-20-18(14-33)10-19(13-32-20)27(28,29)30/h4,7,10,13,16-17,21-23H,2-3,5-6,8-9,11-12,14-15H2,1H3/t16-,17?,21?,22?,23-,26+/m1/s1. The lowest BCUT2D eigenvalue weighted by Gasteiger charge is -2.37. The fourth-order valence-electron chi connectivity index (χ4n) is 7.05. The Labute approximate surface area is 223 Å². The molecule has 6 atom stereocenters. The topological polar surface area (TPSA) is 73.8 Å². The number of carbonyl (C=O) groups excluding carboxylic acids is 1. The van der Waals surface area contributed by atoms with E-state index in [9.17, 15) is 18.0 Å². The van der Waals surface area contributed by atoms with Crippen molar-refractivity contribution in [1.82, 2.24) is 14.9 Å². The van der Waals surface area contributed by atoms with Gasteiger partial charge in [-0.2, -0.15) is 13.2 Å². The molecule has 0 radical (unpaired) electrons. The minimum Gasteiger partial charge on any atom is -0.379 e. The minimum atomic E-state index is -4.47. The lowest BCUT2D eigenvalue weighted by Crippen LogP contribution is -2.48. The molecule has 1 aliphatic carbocycles. The zero-order chi connectivity index (χ0) is 26.5. The number of nitrogens with zero attached hydrogens (tertiary/aromatic N) is 3. The molecule has 3 unspecified atom stereocenters. The largest absolute Gasteiger partial charge is 0.417 e. The van der Waals surface area contributed by atoms with Gasteiger partial charge < -0.3 is 19.1 Å². The van der Waals surface area contributed by atoms with Gasteiger partial charge in [0.1, 0.15) is 11.1 Å². The Kier molecular flexibility index (Phi) is 6.99. The number of hydrogen-bond acceptors (Lipinski definition) is 7. The number of aromatic nitrogens is 2. The zero-order valence-electron chi connectivity index (χ0n) is 21.3. The van der Waals surface area contributed by atoms with Crippen molar-refractivity contribution in [3.05, 3.63) is 45.7 Å². The highest BCUT2D eigenvalue weighted by molar-refractivity contribution is 7.09. The van der Waals surface area contributed by atoms with Gasteiger partial charge in [0.05, 0.1) is 29.8 Å². The van der Waals surface area contributed by atoms with Gasteiger partial charge in [-0.15, -0.1) is 11.3 Å². The monoisotopic (exact) mass is 551 g/mol. The second-order valence-corrected chi connectivity index (χ2v) is 12.0. The molecule has 0 N–H and O–H groups in total. The Morgan fingerprint density at radius 2 is 2.18 bits per heavy atom. The number of methoxy groups -OCH3 is 1. The molecule has 2 aromatic rings. The van der Waals surface area contributed by atoms with Gasteiger partial charge in [-0.1, -0.05) is 0 Å². The van der Waals surface area contributed by atoms with Gasteiger partial charge >= 0.3 is 6.18 Å². The highest BCUT2D eigenvalue weighted by Crippen LogP contribution is 2.58. The van der Waals surface area contributed by atoms with Gasteiger partial charge in [0.25, 0.3) is 0 Å². The summed E-state index contributed by atoms with van der Waals surface area (Å²) >= 11 is 1.53. The van der Waals surface area contributed by atoms with Gasteiger partial charge in [0, 0.05) is 56.7 Å². The van der Waals surface area contributed by atoms with Crippen molar-refractivity contribution in [2.75, 3.05) is 26.9 Å².